The second-order valence-electron chi connectivity index (χ2n) is 13.2. The van der Waals surface area contributed by atoms with Crippen molar-refractivity contribution in [3.63, 3.8) is 0 Å². The zero-order valence-electron chi connectivity index (χ0n) is 27.0. The summed E-state index contributed by atoms with van der Waals surface area (Å²) in [6, 6.07) is 64.1. The van der Waals surface area contributed by atoms with Crippen LogP contribution >= 0.6 is 11.3 Å². The smallest absolute Gasteiger partial charge is 0.140 e. The van der Waals surface area contributed by atoms with Gasteiger partial charge in [0.2, 0.25) is 0 Å². The maximum absolute atomic E-state index is 6.89. The van der Waals surface area contributed by atoms with Gasteiger partial charge in [-0.05, 0) is 58.5 Å². The first-order chi connectivity index (χ1) is 24.8. The Labute approximate surface area is 294 Å². The van der Waals surface area contributed by atoms with Gasteiger partial charge in [0.1, 0.15) is 11.5 Å². The van der Waals surface area contributed by atoms with Gasteiger partial charge in [-0.25, -0.2) is 0 Å². The first-order valence-electron chi connectivity index (χ1n) is 17.1. The number of benzene rings is 8. The monoisotopic (exact) mass is 655 g/mol. The van der Waals surface area contributed by atoms with Gasteiger partial charge in [-0.1, -0.05) is 140 Å². The highest BCUT2D eigenvalue weighted by Gasteiger charge is 2.52. The number of hydrogen-bond acceptors (Lipinski definition) is 3. The van der Waals surface area contributed by atoms with Crippen molar-refractivity contribution in [1.29, 1.82) is 0 Å². The topological polar surface area (TPSA) is 12.5 Å². The first kappa shape index (κ1) is 27.8. The summed E-state index contributed by atoms with van der Waals surface area (Å²) in [4.78, 5) is 2.49. The molecule has 0 saturated carbocycles. The lowest BCUT2D eigenvalue weighted by molar-refractivity contribution is 0.441. The van der Waals surface area contributed by atoms with Crippen LogP contribution in [0.15, 0.2) is 176 Å². The highest BCUT2D eigenvalue weighted by Crippen LogP contribution is 2.65. The quantitative estimate of drug-likeness (QED) is 0.188. The SMILES string of the molecule is c1ccc(N(c2cccc3c2-c2ccccc2C32c3ccccc3Oc3c2ccc2ccccc32)c2cccc3c2sc2ccccc23)cc1. The summed E-state index contributed by atoms with van der Waals surface area (Å²) in [6.45, 7) is 0. The summed E-state index contributed by atoms with van der Waals surface area (Å²) in [7, 11) is 0. The molecule has 2 heterocycles. The second-order valence-corrected chi connectivity index (χ2v) is 14.2. The fourth-order valence-corrected chi connectivity index (χ4v) is 9.94. The predicted octanol–water partition coefficient (Wildman–Crippen LogP) is 13.1. The number of thiophene rings is 1. The van der Waals surface area contributed by atoms with E-state index in [4.69, 9.17) is 4.74 Å². The van der Waals surface area contributed by atoms with Crippen LogP contribution in [0.5, 0.6) is 11.5 Å². The van der Waals surface area contributed by atoms with E-state index in [0.29, 0.717) is 0 Å². The summed E-state index contributed by atoms with van der Waals surface area (Å²) in [6.07, 6.45) is 0. The summed E-state index contributed by atoms with van der Waals surface area (Å²) < 4.78 is 9.47. The molecule has 9 aromatic rings. The molecule has 234 valence electrons. The molecule has 11 rings (SSSR count). The maximum Gasteiger partial charge on any atom is 0.140 e. The molecule has 1 aliphatic carbocycles. The predicted molar refractivity (Wildman–Crippen MR) is 209 cm³/mol. The molecule has 0 N–H and O–H groups in total. The summed E-state index contributed by atoms with van der Waals surface area (Å²) in [5.74, 6) is 1.84. The van der Waals surface area contributed by atoms with Crippen molar-refractivity contribution >= 4 is 59.3 Å². The van der Waals surface area contributed by atoms with Crippen LogP contribution in [-0.4, -0.2) is 0 Å². The minimum Gasteiger partial charge on any atom is -0.456 e. The van der Waals surface area contributed by atoms with Gasteiger partial charge in [0.05, 0.1) is 21.5 Å². The van der Waals surface area contributed by atoms with E-state index in [1.165, 1.54) is 64.6 Å². The standard InChI is InChI=1S/C47H29NOS/c1-2-15-31(16-3-1)48(41-25-12-20-34-33-18-7-11-27-43(33)50-46(34)41)40-24-13-23-38-44(40)35-19-6-8-21-36(35)47(38)37-22-9-10-26-42(37)49-45-32-17-5-4-14-30(32)28-29-39(45)47/h1-29H. The Balaban J connectivity index is 1.27. The Morgan fingerprint density at radius 1 is 0.460 bits per heavy atom. The molecule has 1 unspecified atom stereocenters. The Kier molecular flexibility index (Phi) is 5.78. The van der Waals surface area contributed by atoms with Gasteiger partial charge in [-0.15, -0.1) is 11.3 Å². The van der Waals surface area contributed by atoms with Crippen molar-refractivity contribution in [2.45, 2.75) is 5.41 Å². The molecule has 2 nitrogen and oxygen atoms in total. The third kappa shape index (κ3) is 3.62. The molecular formula is C47H29NOS. The van der Waals surface area contributed by atoms with Crippen LogP contribution in [0.25, 0.3) is 42.1 Å². The van der Waals surface area contributed by atoms with Crippen molar-refractivity contribution in [2.24, 2.45) is 0 Å². The van der Waals surface area contributed by atoms with Gasteiger partial charge in [0.25, 0.3) is 0 Å². The minimum atomic E-state index is -0.567. The van der Waals surface area contributed by atoms with Crippen molar-refractivity contribution < 1.29 is 4.74 Å². The van der Waals surface area contributed by atoms with Crippen molar-refractivity contribution in [1.82, 2.24) is 0 Å². The molecule has 3 heteroatoms. The van der Waals surface area contributed by atoms with Gasteiger partial charge in [0.15, 0.2) is 0 Å². The highest BCUT2D eigenvalue weighted by atomic mass is 32.1. The van der Waals surface area contributed by atoms with E-state index in [9.17, 15) is 0 Å². The van der Waals surface area contributed by atoms with E-state index in [2.05, 4.69) is 181 Å². The van der Waals surface area contributed by atoms with Gasteiger partial charge in [-0.3, -0.25) is 0 Å². The van der Waals surface area contributed by atoms with E-state index in [0.717, 1.165) is 28.3 Å². The average molecular weight is 656 g/mol. The molecule has 0 fully saturated rings. The molecule has 0 radical (unpaired) electrons. The number of nitrogens with zero attached hydrogens (tertiary/aromatic N) is 1. The van der Waals surface area contributed by atoms with Crippen molar-refractivity contribution in [3.8, 4) is 22.6 Å². The number of ether oxygens (including phenoxy) is 1. The van der Waals surface area contributed by atoms with Crippen LogP contribution < -0.4 is 9.64 Å². The van der Waals surface area contributed by atoms with Gasteiger partial charge in [0, 0.05) is 43.2 Å². The Bertz CT molecular complexity index is 2820. The Morgan fingerprint density at radius 3 is 2.06 bits per heavy atom. The van der Waals surface area contributed by atoms with Gasteiger partial charge >= 0.3 is 0 Å². The lowest BCUT2D eigenvalue weighted by Gasteiger charge is -2.40. The Morgan fingerprint density at radius 2 is 1.14 bits per heavy atom. The van der Waals surface area contributed by atoms with E-state index < -0.39 is 5.41 Å². The van der Waals surface area contributed by atoms with Crippen LogP contribution in [0.1, 0.15) is 22.3 Å². The van der Waals surface area contributed by atoms with Crippen LogP contribution in [0.4, 0.5) is 17.1 Å². The van der Waals surface area contributed by atoms with E-state index >= 15 is 0 Å². The Hall–Kier alpha value is -6.16. The number of anilines is 3. The zero-order valence-corrected chi connectivity index (χ0v) is 27.8. The van der Waals surface area contributed by atoms with Crippen LogP contribution in [0, 0.1) is 0 Å². The van der Waals surface area contributed by atoms with Crippen LogP contribution in [0.3, 0.4) is 0 Å². The molecule has 50 heavy (non-hydrogen) atoms. The van der Waals surface area contributed by atoms with Gasteiger partial charge < -0.3 is 9.64 Å². The molecule has 8 aromatic carbocycles. The fourth-order valence-electron chi connectivity index (χ4n) is 8.74. The average Bonchev–Trinajstić information content (AvgIpc) is 3.71. The lowest BCUT2D eigenvalue weighted by atomic mass is 9.65. The van der Waals surface area contributed by atoms with Crippen molar-refractivity contribution in [3.05, 3.63) is 198 Å². The molecule has 1 aromatic heterocycles. The third-order valence-electron chi connectivity index (χ3n) is 10.7. The largest absolute Gasteiger partial charge is 0.456 e. The van der Waals surface area contributed by atoms with Crippen LogP contribution in [-0.2, 0) is 5.41 Å². The lowest BCUT2D eigenvalue weighted by Crippen LogP contribution is -2.32. The van der Waals surface area contributed by atoms with Crippen LogP contribution in [0.2, 0.25) is 0 Å². The van der Waals surface area contributed by atoms with Gasteiger partial charge in [-0.2, -0.15) is 0 Å². The second kappa shape index (κ2) is 10.4. The molecule has 2 aliphatic rings. The maximum atomic E-state index is 6.89. The summed E-state index contributed by atoms with van der Waals surface area (Å²) >= 11 is 1.87. The summed E-state index contributed by atoms with van der Waals surface area (Å²) in [5, 5.41) is 4.89. The molecule has 1 atom stereocenters. The van der Waals surface area contributed by atoms with E-state index in [-0.39, 0.29) is 0 Å². The number of hydrogen-bond donors (Lipinski definition) is 0. The fraction of sp³-hybridized carbons (Fsp3) is 0.0213. The molecule has 1 aliphatic heterocycles. The third-order valence-corrected chi connectivity index (χ3v) is 11.9. The number of para-hydroxylation sites is 2. The van der Waals surface area contributed by atoms with E-state index in [1.54, 1.807) is 0 Å². The molecule has 0 amide bonds. The zero-order chi connectivity index (χ0) is 32.8. The normalized spacial score (nSPS) is 15.4. The molecule has 0 saturated heterocycles. The summed E-state index contributed by atoms with van der Waals surface area (Å²) in [5.41, 5.74) is 10.3. The molecular weight excluding hydrogens is 627 g/mol. The first-order valence-corrected chi connectivity index (χ1v) is 17.9. The molecule has 0 bridgehead atoms. The molecule has 1 spiro atoms. The minimum absolute atomic E-state index is 0.567. The van der Waals surface area contributed by atoms with Crippen molar-refractivity contribution in [2.75, 3.05) is 4.90 Å². The van der Waals surface area contributed by atoms with E-state index in [1.807, 2.05) is 11.3 Å². The number of rotatable bonds is 3. The number of fused-ring (bicyclic) bond motifs is 14. The highest BCUT2D eigenvalue weighted by molar-refractivity contribution is 7.26.